The van der Waals surface area contributed by atoms with Gasteiger partial charge in [0.25, 0.3) is 0 Å². The third kappa shape index (κ3) is 3.24. The molecule has 1 saturated carbocycles. The summed E-state index contributed by atoms with van der Waals surface area (Å²) in [7, 11) is 0. The molecule has 0 saturated heterocycles. The zero-order chi connectivity index (χ0) is 12.3. The van der Waals surface area contributed by atoms with Crippen LogP contribution in [0.3, 0.4) is 0 Å². The van der Waals surface area contributed by atoms with Crippen molar-refractivity contribution in [3.63, 3.8) is 0 Å². The zero-order valence-corrected chi connectivity index (χ0v) is 11.4. The van der Waals surface area contributed by atoms with Gasteiger partial charge in [-0.05, 0) is 42.4 Å². The highest BCUT2D eigenvalue weighted by Gasteiger charge is 2.20. The SMILES string of the molecule is CC(C)c1ccc(NC2CCCCC2C)cc1. The van der Waals surface area contributed by atoms with Gasteiger partial charge in [0.1, 0.15) is 0 Å². The van der Waals surface area contributed by atoms with E-state index in [0.717, 1.165) is 5.92 Å². The standard InChI is InChI=1S/C16H25N/c1-12(2)14-8-10-15(11-9-14)17-16-7-5-4-6-13(16)3/h8-13,16-17H,4-7H2,1-3H3. The van der Waals surface area contributed by atoms with E-state index >= 15 is 0 Å². The summed E-state index contributed by atoms with van der Waals surface area (Å²) in [4.78, 5) is 0. The summed E-state index contributed by atoms with van der Waals surface area (Å²) in [5.74, 6) is 1.44. The highest BCUT2D eigenvalue weighted by molar-refractivity contribution is 5.46. The second-order valence-electron chi connectivity index (χ2n) is 5.79. The molecule has 0 spiro atoms. The zero-order valence-electron chi connectivity index (χ0n) is 11.4. The van der Waals surface area contributed by atoms with Gasteiger partial charge in [0.2, 0.25) is 0 Å². The summed E-state index contributed by atoms with van der Waals surface area (Å²) in [6.45, 7) is 6.86. The van der Waals surface area contributed by atoms with Gasteiger partial charge < -0.3 is 5.32 Å². The smallest absolute Gasteiger partial charge is 0.0342 e. The van der Waals surface area contributed by atoms with Crippen LogP contribution in [0.5, 0.6) is 0 Å². The molecule has 1 aromatic rings. The van der Waals surface area contributed by atoms with Crippen LogP contribution in [-0.2, 0) is 0 Å². The Kier molecular flexibility index (Phi) is 4.09. The molecule has 0 heterocycles. The predicted molar refractivity (Wildman–Crippen MR) is 75.6 cm³/mol. The first kappa shape index (κ1) is 12.5. The molecular formula is C16H25N. The summed E-state index contributed by atoms with van der Waals surface area (Å²) < 4.78 is 0. The first-order chi connectivity index (χ1) is 8.16. The predicted octanol–water partition coefficient (Wildman–Crippen LogP) is 4.80. The van der Waals surface area contributed by atoms with Gasteiger partial charge >= 0.3 is 0 Å². The Morgan fingerprint density at radius 1 is 1.06 bits per heavy atom. The molecule has 0 amide bonds. The molecule has 1 aliphatic carbocycles. The molecule has 2 unspecified atom stereocenters. The van der Waals surface area contributed by atoms with Crippen molar-refractivity contribution < 1.29 is 0 Å². The third-order valence-corrected chi connectivity index (χ3v) is 4.04. The van der Waals surface area contributed by atoms with E-state index in [-0.39, 0.29) is 0 Å². The highest BCUT2D eigenvalue weighted by Crippen LogP contribution is 2.27. The lowest BCUT2D eigenvalue weighted by molar-refractivity contribution is 0.349. The fraction of sp³-hybridized carbons (Fsp3) is 0.625. The minimum absolute atomic E-state index is 0.623. The molecule has 0 aliphatic heterocycles. The molecule has 0 radical (unpaired) electrons. The molecule has 1 aliphatic rings. The van der Waals surface area contributed by atoms with Crippen LogP contribution in [0.1, 0.15) is 57.9 Å². The number of hydrogen-bond donors (Lipinski definition) is 1. The van der Waals surface area contributed by atoms with Gasteiger partial charge in [-0.3, -0.25) is 0 Å². The normalized spacial score (nSPS) is 24.9. The molecule has 17 heavy (non-hydrogen) atoms. The molecule has 1 N–H and O–H groups in total. The maximum Gasteiger partial charge on any atom is 0.0342 e. The lowest BCUT2D eigenvalue weighted by atomic mass is 9.86. The summed E-state index contributed by atoms with van der Waals surface area (Å²) in [5, 5.41) is 3.70. The average Bonchev–Trinajstić information content (AvgIpc) is 2.33. The van der Waals surface area contributed by atoms with Crippen molar-refractivity contribution in [2.45, 2.75) is 58.4 Å². The molecule has 0 bridgehead atoms. The highest BCUT2D eigenvalue weighted by atomic mass is 14.9. The van der Waals surface area contributed by atoms with Crippen LogP contribution in [-0.4, -0.2) is 6.04 Å². The Labute approximate surface area is 106 Å². The second kappa shape index (κ2) is 5.57. The Balaban J connectivity index is 1.98. The van der Waals surface area contributed by atoms with Crippen LogP contribution in [0.25, 0.3) is 0 Å². The van der Waals surface area contributed by atoms with E-state index in [1.807, 2.05) is 0 Å². The lowest BCUT2D eigenvalue weighted by Gasteiger charge is -2.30. The molecule has 1 heteroatoms. The van der Waals surface area contributed by atoms with Crippen LogP contribution >= 0.6 is 0 Å². The fourth-order valence-corrected chi connectivity index (χ4v) is 2.71. The van der Waals surface area contributed by atoms with Gasteiger partial charge in [0.05, 0.1) is 0 Å². The van der Waals surface area contributed by atoms with Gasteiger partial charge in [-0.25, -0.2) is 0 Å². The van der Waals surface area contributed by atoms with Crippen molar-refractivity contribution in [2.75, 3.05) is 5.32 Å². The number of nitrogens with one attached hydrogen (secondary N) is 1. The van der Waals surface area contributed by atoms with E-state index in [9.17, 15) is 0 Å². The molecule has 2 atom stereocenters. The van der Waals surface area contributed by atoms with E-state index in [4.69, 9.17) is 0 Å². The number of benzene rings is 1. The first-order valence-corrected chi connectivity index (χ1v) is 7.03. The molecule has 2 rings (SSSR count). The van der Waals surface area contributed by atoms with E-state index < -0.39 is 0 Å². The van der Waals surface area contributed by atoms with Crippen molar-refractivity contribution >= 4 is 5.69 Å². The average molecular weight is 231 g/mol. The Morgan fingerprint density at radius 2 is 1.71 bits per heavy atom. The maximum absolute atomic E-state index is 3.70. The Bertz CT molecular complexity index is 339. The summed E-state index contributed by atoms with van der Waals surface area (Å²) >= 11 is 0. The van der Waals surface area contributed by atoms with Crippen molar-refractivity contribution in [1.82, 2.24) is 0 Å². The van der Waals surface area contributed by atoms with Gasteiger partial charge in [-0.15, -0.1) is 0 Å². The van der Waals surface area contributed by atoms with Gasteiger partial charge in [-0.2, -0.15) is 0 Å². The molecular weight excluding hydrogens is 206 g/mol. The fourth-order valence-electron chi connectivity index (χ4n) is 2.71. The molecule has 1 nitrogen and oxygen atoms in total. The maximum atomic E-state index is 3.70. The monoisotopic (exact) mass is 231 g/mol. The Morgan fingerprint density at radius 3 is 2.29 bits per heavy atom. The summed E-state index contributed by atoms with van der Waals surface area (Å²) in [6.07, 6.45) is 5.49. The minimum atomic E-state index is 0.623. The van der Waals surface area contributed by atoms with Crippen molar-refractivity contribution in [3.05, 3.63) is 29.8 Å². The largest absolute Gasteiger partial charge is 0.382 e. The van der Waals surface area contributed by atoms with Crippen LogP contribution in [0.4, 0.5) is 5.69 Å². The summed E-state index contributed by atoms with van der Waals surface area (Å²) in [5.41, 5.74) is 2.71. The molecule has 94 valence electrons. The molecule has 1 aromatic carbocycles. The van der Waals surface area contributed by atoms with E-state index in [2.05, 4.69) is 50.4 Å². The van der Waals surface area contributed by atoms with E-state index in [1.165, 1.54) is 36.9 Å². The van der Waals surface area contributed by atoms with Gasteiger partial charge in [0, 0.05) is 11.7 Å². The van der Waals surface area contributed by atoms with Crippen molar-refractivity contribution in [1.29, 1.82) is 0 Å². The van der Waals surface area contributed by atoms with Gasteiger partial charge in [-0.1, -0.05) is 45.7 Å². The second-order valence-corrected chi connectivity index (χ2v) is 5.79. The van der Waals surface area contributed by atoms with E-state index in [0.29, 0.717) is 12.0 Å². The van der Waals surface area contributed by atoms with Crippen molar-refractivity contribution in [2.24, 2.45) is 5.92 Å². The Hall–Kier alpha value is -0.980. The van der Waals surface area contributed by atoms with Crippen LogP contribution < -0.4 is 5.32 Å². The van der Waals surface area contributed by atoms with Crippen molar-refractivity contribution in [3.8, 4) is 0 Å². The number of rotatable bonds is 3. The number of anilines is 1. The number of hydrogen-bond acceptors (Lipinski definition) is 1. The topological polar surface area (TPSA) is 12.0 Å². The van der Waals surface area contributed by atoms with Crippen LogP contribution in [0.15, 0.2) is 24.3 Å². The van der Waals surface area contributed by atoms with Crippen LogP contribution in [0.2, 0.25) is 0 Å². The first-order valence-electron chi connectivity index (χ1n) is 7.03. The third-order valence-electron chi connectivity index (χ3n) is 4.04. The quantitative estimate of drug-likeness (QED) is 0.788. The summed E-state index contributed by atoms with van der Waals surface area (Å²) in [6, 6.07) is 9.64. The van der Waals surface area contributed by atoms with E-state index in [1.54, 1.807) is 0 Å². The minimum Gasteiger partial charge on any atom is -0.382 e. The van der Waals surface area contributed by atoms with Crippen LogP contribution in [0, 0.1) is 5.92 Å². The molecule has 0 aromatic heterocycles. The lowest BCUT2D eigenvalue weighted by Crippen LogP contribution is -2.30. The molecule has 1 fully saturated rings. The van der Waals surface area contributed by atoms with Gasteiger partial charge in [0.15, 0.2) is 0 Å².